The van der Waals surface area contributed by atoms with E-state index in [4.69, 9.17) is 4.74 Å². The Hall–Kier alpha value is -1.25. The summed E-state index contributed by atoms with van der Waals surface area (Å²) < 4.78 is 30.2. The molecular weight excluding hydrogens is 256 g/mol. The fraction of sp³-hybridized carbons (Fsp3) is 0.600. The monoisotopic (exact) mass is 274 g/mol. The van der Waals surface area contributed by atoms with Crippen LogP contribution in [0.2, 0.25) is 0 Å². The third-order valence-corrected chi connectivity index (χ3v) is 4.09. The molecule has 8 heteroatoms. The van der Waals surface area contributed by atoms with Crippen molar-refractivity contribution in [1.82, 2.24) is 14.3 Å². The van der Waals surface area contributed by atoms with E-state index in [1.54, 1.807) is 0 Å². The molecule has 0 saturated carbocycles. The standard InChI is InChI=1S/C10H18N4O3S/c1-4-11-10-12-7-9(8-13-10)18(15,16)14(2)5-6-17-3/h7-8H,4-6H2,1-3H3,(H,11,12,13). The molecule has 1 N–H and O–H groups in total. The van der Waals surface area contributed by atoms with Crippen LogP contribution in [0.1, 0.15) is 6.92 Å². The highest BCUT2D eigenvalue weighted by atomic mass is 32.2. The summed E-state index contributed by atoms with van der Waals surface area (Å²) >= 11 is 0. The van der Waals surface area contributed by atoms with Gasteiger partial charge in [0.1, 0.15) is 4.90 Å². The van der Waals surface area contributed by atoms with Gasteiger partial charge < -0.3 is 10.1 Å². The first-order valence-electron chi connectivity index (χ1n) is 5.53. The second-order valence-corrected chi connectivity index (χ2v) is 5.64. The number of nitrogens with zero attached hydrogens (tertiary/aromatic N) is 3. The average Bonchev–Trinajstić information content (AvgIpc) is 2.37. The van der Waals surface area contributed by atoms with Crippen molar-refractivity contribution in [3.8, 4) is 0 Å². The van der Waals surface area contributed by atoms with Crippen LogP contribution in [-0.4, -0.2) is 56.5 Å². The van der Waals surface area contributed by atoms with E-state index in [1.165, 1.54) is 30.9 Å². The topological polar surface area (TPSA) is 84.4 Å². The van der Waals surface area contributed by atoms with Gasteiger partial charge >= 0.3 is 0 Å². The maximum absolute atomic E-state index is 12.1. The molecule has 1 aromatic heterocycles. The molecule has 0 aliphatic carbocycles. The first kappa shape index (κ1) is 14.8. The molecule has 1 aromatic rings. The van der Waals surface area contributed by atoms with Crippen LogP contribution in [0.3, 0.4) is 0 Å². The van der Waals surface area contributed by atoms with Gasteiger partial charge in [0.2, 0.25) is 16.0 Å². The van der Waals surface area contributed by atoms with E-state index in [1.807, 2.05) is 6.92 Å². The predicted octanol–water partition coefficient (Wildman–Crippen LogP) is 0.175. The summed E-state index contributed by atoms with van der Waals surface area (Å²) in [5.41, 5.74) is 0. The molecule has 7 nitrogen and oxygen atoms in total. The fourth-order valence-electron chi connectivity index (χ4n) is 1.22. The van der Waals surface area contributed by atoms with E-state index in [0.717, 1.165) is 0 Å². The van der Waals surface area contributed by atoms with Crippen molar-refractivity contribution in [2.24, 2.45) is 0 Å². The lowest BCUT2D eigenvalue weighted by Gasteiger charge is -2.16. The molecule has 0 amide bonds. The first-order valence-corrected chi connectivity index (χ1v) is 6.97. The van der Waals surface area contributed by atoms with Gasteiger partial charge in [-0.3, -0.25) is 0 Å². The van der Waals surface area contributed by atoms with Gasteiger partial charge in [-0.15, -0.1) is 0 Å². The van der Waals surface area contributed by atoms with Gasteiger partial charge in [0.15, 0.2) is 0 Å². The number of hydrogen-bond donors (Lipinski definition) is 1. The number of anilines is 1. The second-order valence-electron chi connectivity index (χ2n) is 3.59. The smallest absolute Gasteiger partial charge is 0.245 e. The largest absolute Gasteiger partial charge is 0.383 e. The van der Waals surface area contributed by atoms with Crippen molar-refractivity contribution in [2.75, 3.05) is 39.2 Å². The Labute approximate surface area is 107 Å². The summed E-state index contributed by atoms with van der Waals surface area (Å²) in [6.45, 7) is 3.21. The number of ether oxygens (including phenoxy) is 1. The molecule has 0 aliphatic heterocycles. The van der Waals surface area contributed by atoms with Crippen molar-refractivity contribution < 1.29 is 13.2 Å². The molecule has 0 fully saturated rings. The zero-order valence-electron chi connectivity index (χ0n) is 10.8. The lowest BCUT2D eigenvalue weighted by atomic mass is 10.6. The molecule has 0 aromatic carbocycles. The minimum absolute atomic E-state index is 0.0720. The molecule has 0 bridgehead atoms. The van der Waals surface area contributed by atoms with Gasteiger partial charge in [0.05, 0.1) is 19.0 Å². The van der Waals surface area contributed by atoms with Crippen molar-refractivity contribution in [3.05, 3.63) is 12.4 Å². The molecule has 18 heavy (non-hydrogen) atoms. The minimum atomic E-state index is -3.54. The van der Waals surface area contributed by atoms with Crippen LogP contribution in [0, 0.1) is 0 Å². The quantitative estimate of drug-likeness (QED) is 0.763. The van der Waals surface area contributed by atoms with E-state index >= 15 is 0 Å². The van der Waals surface area contributed by atoms with Crippen LogP contribution in [0.15, 0.2) is 17.3 Å². The molecule has 0 saturated heterocycles. The van der Waals surface area contributed by atoms with Gasteiger partial charge in [-0.25, -0.2) is 18.4 Å². The van der Waals surface area contributed by atoms with Crippen molar-refractivity contribution in [1.29, 1.82) is 0 Å². The van der Waals surface area contributed by atoms with Crippen molar-refractivity contribution in [2.45, 2.75) is 11.8 Å². The van der Waals surface area contributed by atoms with E-state index in [9.17, 15) is 8.42 Å². The number of nitrogens with one attached hydrogen (secondary N) is 1. The fourth-order valence-corrected chi connectivity index (χ4v) is 2.27. The number of methoxy groups -OCH3 is 1. The third-order valence-electron chi connectivity index (χ3n) is 2.28. The average molecular weight is 274 g/mol. The molecule has 0 radical (unpaired) electrons. The van der Waals surface area contributed by atoms with Crippen LogP contribution in [0.25, 0.3) is 0 Å². The Kier molecular flexibility index (Phi) is 5.45. The minimum Gasteiger partial charge on any atom is -0.383 e. The molecular formula is C10H18N4O3S. The molecule has 102 valence electrons. The Bertz CT molecular complexity index is 461. The Morgan fingerprint density at radius 3 is 2.50 bits per heavy atom. The number of rotatable bonds is 7. The maximum Gasteiger partial charge on any atom is 0.245 e. The lowest BCUT2D eigenvalue weighted by molar-refractivity contribution is 0.185. The molecule has 0 unspecified atom stereocenters. The van der Waals surface area contributed by atoms with Gasteiger partial charge in [-0.2, -0.15) is 4.31 Å². The summed E-state index contributed by atoms with van der Waals surface area (Å²) in [7, 11) is -0.527. The zero-order valence-corrected chi connectivity index (χ0v) is 11.6. The molecule has 0 aliphatic rings. The Morgan fingerprint density at radius 2 is 2.00 bits per heavy atom. The maximum atomic E-state index is 12.1. The highest BCUT2D eigenvalue weighted by Gasteiger charge is 2.21. The van der Waals surface area contributed by atoms with Crippen molar-refractivity contribution >= 4 is 16.0 Å². The number of aromatic nitrogens is 2. The van der Waals surface area contributed by atoms with Crippen LogP contribution in [0.4, 0.5) is 5.95 Å². The molecule has 0 spiro atoms. The highest BCUT2D eigenvalue weighted by Crippen LogP contribution is 2.12. The molecule has 1 rings (SSSR count). The highest BCUT2D eigenvalue weighted by molar-refractivity contribution is 7.89. The van der Waals surface area contributed by atoms with E-state index < -0.39 is 10.0 Å². The van der Waals surface area contributed by atoms with Crippen LogP contribution in [0.5, 0.6) is 0 Å². The summed E-state index contributed by atoms with van der Waals surface area (Å²) in [6, 6.07) is 0. The van der Waals surface area contributed by atoms with Crippen LogP contribution < -0.4 is 5.32 Å². The Balaban J connectivity index is 2.84. The summed E-state index contributed by atoms with van der Waals surface area (Å²) in [5.74, 6) is 0.413. The molecule has 0 atom stereocenters. The van der Waals surface area contributed by atoms with Crippen LogP contribution >= 0.6 is 0 Å². The van der Waals surface area contributed by atoms with Gasteiger partial charge in [0.25, 0.3) is 0 Å². The summed E-state index contributed by atoms with van der Waals surface area (Å²) in [4.78, 5) is 7.95. The van der Waals surface area contributed by atoms with Gasteiger partial charge in [0, 0.05) is 27.2 Å². The third kappa shape index (κ3) is 3.62. The lowest BCUT2D eigenvalue weighted by Crippen LogP contribution is -2.30. The normalized spacial score (nSPS) is 11.8. The first-order chi connectivity index (χ1) is 8.52. The van der Waals surface area contributed by atoms with Gasteiger partial charge in [-0.05, 0) is 6.92 Å². The number of likely N-dealkylation sites (N-methyl/N-ethyl adjacent to an activating group) is 1. The number of hydrogen-bond acceptors (Lipinski definition) is 6. The van der Waals surface area contributed by atoms with Crippen LogP contribution in [-0.2, 0) is 14.8 Å². The van der Waals surface area contributed by atoms with E-state index in [2.05, 4.69) is 15.3 Å². The second kappa shape index (κ2) is 6.62. The number of sulfonamides is 1. The van der Waals surface area contributed by atoms with Gasteiger partial charge in [-0.1, -0.05) is 0 Å². The predicted molar refractivity (Wildman–Crippen MR) is 67.9 cm³/mol. The van der Waals surface area contributed by atoms with Crippen molar-refractivity contribution in [3.63, 3.8) is 0 Å². The van der Waals surface area contributed by atoms with E-state index in [-0.39, 0.29) is 11.4 Å². The zero-order chi connectivity index (χ0) is 13.6. The van der Waals surface area contributed by atoms with E-state index in [0.29, 0.717) is 19.1 Å². The summed E-state index contributed by atoms with van der Waals surface area (Å²) in [5, 5.41) is 2.90. The SMILES string of the molecule is CCNc1ncc(S(=O)(=O)N(C)CCOC)cn1. The molecule has 1 heterocycles. The Morgan fingerprint density at radius 1 is 1.39 bits per heavy atom. The summed E-state index contributed by atoms with van der Waals surface area (Å²) in [6.07, 6.45) is 2.59.